The molecule has 0 spiro atoms. The molecule has 2 heterocycles. The quantitative estimate of drug-likeness (QED) is 0.165. The molecule has 0 saturated carbocycles. The maximum atomic E-state index is 6.84. The summed E-state index contributed by atoms with van der Waals surface area (Å²) in [6.07, 6.45) is 2.94. The highest BCUT2D eigenvalue weighted by molar-refractivity contribution is 6.21. The molecule has 254 valence electrons. The smallest absolute Gasteiger partial charge is 0.136 e. The van der Waals surface area contributed by atoms with Gasteiger partial charge in [-0.25, -0.2) is 4.99 Å². The lowest BCUT2D eigenvalue weighted by molar-refractivity contribution is 0.669. The Kier molecular flexibility index (Phi) is 7.76. The number of benzene rings is 8. The van der Waals surface area contributed by atoms with Crippen LogP contribution in [0.1, 0.15) is 30.0 Å². The summed E-state index contributed by atoms with van der Waals surface area (Å²) in [5.41, 5.74) is 17.4. The number of aliphatic imine (C=N–C) groups is 1. The van der Waals surface area contributed by atoms with Crippen LogP contribution in [0.3, 0.4) is 0 Å². The fourth-order valence-corrected chi connectivity index (χ4v) is 8.05. The molecule has 0 aliphatic carbocycles. The number of fused-ring (bicyclic) bond motifs is 5. The summed E-state index contributed by atoms with van der Waals surface area (Å²) in [6, 6.07) is 62.5. The van der Waals surface area contributed by atoms with E-state index in [1.54, 1.807) is 0 Å². The van der Waals surface area contributed by atoms with E-state index in [-0.39, 0.29) is 0 Å². The normalized spacial score (nSPS) is 15.3. The lowest BCUT2D eigenvalue weighted by Crippen LogP contribution is -2.04. The molecule has 10 rings (SSSR count). The number of nitrogens with zero attached hydrogens (tertiary/aromatic N) is 1. The molecular weight excluding hydrogens is 655 g/mol. The third-order valence-corrected chi connectivity index (χ3v) is 10.7. The predicted molar refractivity (Wildman–Crippen MR) is 228 cm³/mol. The van der Waals surface area contributed by atoms with Gasteiger partial charge >= 0.3 is 0 Å². The van der Waals surface area contributed by atoms with Gasteiger partial charge in [0.25, 0.3) is 0 Å². The first-order chi connectivity index (χ1) is 26.7. The molecule has 9 aromatic rings. The standard InChI is InChI=1S/C52H35NO/c1-34-29-49(37-19-9-4-10-20-37)53-48(28-27-41(34)35-15-5-2-6-16-35)40-31-46(52-47-30-38-21-11-12-22-39(38)32-50(47)54-51(52)33-40)45-26-25-42(36-17-7-3-8-18-36)43-23-13-14-24-44(43)45/h2-27,30-33H,28H2,1H3/b41-27-,53-48+. The van der Waals surface area contributed by atoms with Gasteiger partial charge in [-0.05, 0) is 86.1 Å². The zero-order valence-electron chi connectivity index (χ0n) is 29.9. The minimum absolute atomic E-state index is 0.641. The third-order valence-electron chi connectivity index (χ3n) is 10.7. The van der Waals surface area contributed by atoms with Crippen molar-refractivity contribution >= 4 is 60.5 Å². The lowest BCUT2D eigenvalue weighted by atomic mass is 9.88. The largest absolute Gasteiger partial charge is 0.456 e. The van der Waals surface area contributed by atoms with E-state index in [4.69, 9.17) is 9.41 Å². The lowest BCUT2D eigenvalue weighted by Gasteiger charge is -2.16. The van der Waals surface area contributed by atoms with Crippen LogP contribution in [0.5, 0.6) is 0 Å². The van der Waals surface area contributed by atoms with Gasteiger partial charge in [0.05, 0.1) is 5.71 Å². The Morgan fingerprint density at radius 2 is 1.07 bits per heavy atom. The van der Waals surface area contributed by atoms with Crippen LogP contribution in [-0.4, -0.2) is 5.71 Å². The van der Waals surface area contributed by atoms with Gasteiger partial charge in [0, 0.05) is 33.9 Å². The number of rotatable bonds is 5. The van der Waals surface area contributed by atoms with Crippen LogP contribution >= 0.6 is 0 Å². The van der Waals surface area contributed by atoms with Crippen LogP contribution in [0.15, 0.2) is 203 Å². The molecule has 54 heavy (non-hydrogen) atoms. The Morgan fingerprint density at radius 3 is 1.80 bits per heavy atom. The highest BCUT2D eigenvalue weighted by atomic mass is 16.3. The topological polar surface area (TPSA) is 25.5 Å². The van der Waals surface area contributed by atoms with Gasteiger partial charge in [-0.3, -0.25) is 0 Å². The predicted octanol–water partition coefficient (Wildman–Crippen LogP) is 14.1. The van der Waals surface area contributed by atoms with Crippen LogP contribution in [-0.2, 0) is 0 Å². The number of hydrogen-bond donors (Lipinski definition) is 0. The van der Waals surface area contributed by atoms with Crippen LogP contribution in [0.4, 0.5) is 0 Å². The molecule has 1 aliphatic heterocycles. The molecule has 0 amide bonds. The fourth-order valence-electron chi connectivity index (χ4n) is 8.05. The van der Waals surface area contributed by atoms with Crippen molar-refractivity contribution in [2.24, 2.45) is 4.99 Å². The fraction of sp³-hybridized carbons (Fsp3) is 0.0385. The highest BCUT2D eigenvalue weighted by Crippen LogP contribution is 2.43. The van der Waals surface area contributed by atoms with Crippen LogP contribution in [0, 0.1) is 0 Å². The summed E-state index contributed by atoms with van der Waals surface area (Å²) in [6.45, 7) is 2.13. The van der Waals surface area contributed by atoms with Crippen molar-refractivity contribution in [3.63, 3.8) is 0 Å². The van der Waals surface area contributed by atoms with Crippen LogP contribution in [0.25, 0.3) is 77.0 Å². The van der Waals surface area contributed by atoms with E-state index in [9.17, 15) is 0 Å². The second kappa shape index (κ2) is 13.2. The van der Waals surface area contributed by atoms with Gasteiger partial charge in [0.15, 0.2) is 0 Å². The van der Waals surface area contributed by atoms with E-state index in [0.717, 1.165) is 72.1 Å². The van der Waals surface area contributed by atoms with E-state index in [1.165, 1.54) is 32.8 Å². The Balaban J connectivity index is 1.26. The zero-order valence-corrected chi connectivity index (χ0v) is 29.9. The van der Waals surface area contributed by atoms with Gasteiger partial charge < -0.3 is 4.42 Å². The summed E-state index contributed by atoms with van der Waals surface area (Å²) in [5.74, 6) is 0. The van der Waals surface area contributed by atoms with Gasteiger partial charge in [0.2, 0.25) is 0 Å². The van der Waals surface area contributed by atoms with Crippen molar-refractivity contribution in [1.29, 1.82) is 0 Å². The van der Waals surface area contributed by atoms with Crippen LogP contribution < -0.4 is 0 Å². The minimum atomic E-state index is 0.641. The minimum Gasteiger partial charge on any atom is -0.456 e. The second-order valence-corrected chi connectivity index (χ2v) is 14.0. The average molecular weight is 690 g/mol. The SMILES string of the molecule is CC1=C=C(c2ccccc2)/N=C(/c2cc(-c3ccc(-c4ccccc4)c4ccccc34)c3c(c2)oc2cc4ccccc4cc23)C/C=C/1c1ccccc1. The van der Waals surface area contributed by atoms with Crippen molar-refractivity contribution in [2.45, 2.75) is 13.3 Å². The molecule has 0 saturated heterocycles. The molecular formula is C52H35NO. The molecule has 1 aromatic heterocycles. The Labute approximate surface area is 314 Å². The van der Waals surface area contributed by atoms with Gasteiger partial charge in [-0.1, -0.05) is 163 Å². The molecule has 2 nitrogen and oxygen atoms in total. The number of hydrogen-bond acceptors (Lipinski definition) is 2. The Morgan fingerprint density at radius 1 is 0.481 bits per heavy atom. The van der Waals surface area contributed by atoms with Gasteiger partial charge in [-0.2, -0.15) is 0 Å². The summed E-state index contributed by atoms with van der Waals surface area (Å²) in [7, 11) is 0. The number of furan rings is 1. The summed E-state index contributed by atoms with van der Waals surface area (Å²) in [5, 5.41) is 6.98. The van der Waals surface area contributed by atoms with Crippen molar-refractivity contribution in [3.05, 3.63) is 210 Å². The summed E-state index contributed by atoms with van der Waals surface area (Å²) < 4.78 is 6.84. The maximum Gasteiger partial charge on any atom is 0.136 e. The highest BCUT2D eigenvalue weighted by Gasteiger charge is 2.21. The van der Waals surface area contributed by atoms with Crippen molar-refractivity contribution < 1.29 is 4.42 Å². The molecule has 0 radical (unpaired) electrons. The van der Waals surface area contributed by atoms with E-state index >= 15 is 0 Å². The third kappa shape index (κ3) is 5.58. The Bertz CT molecular complexity index is 3030. The summed E-state index contributed by atoms with van der Waals surface area (Å²) >= 11 is 0. The van der Waals surface area contributed by atoms with Crippen molar-refractivity contribution in [3.8, 4) is 22.3 Å². The first-order valence-electron chi connectivity index (χ1n) is 18.5. The summed E-state index contributed by atoms with van der Waals surface area (Å²) in [4.78, 5) is 5.43. The number of allylic oxidation sites excluding steroid dienone is 3. The molecule has 2 heteroatoms. The monoisotopic (exact) mass is 689 g/mol. The van der Waals surface area contributed by atoms with E-state index in [1.807, 2.05) is 6.07 Å². The van der Waals surface area contributed by atoms with Gasteiger partial charge in [-0.15, -0.1) is 0 Å². The molecule has 0 unspecified atom stereocenters. The molecule has 1 aliphatic rings. The molecule has 0 atom stereocenters. The molecule has 8 aromatic carbocycles. The molecule has 0 fully saturated rings. The first-order valence-corrected chi connectivity index (χ1v) is 18.5. The zero-order chi connectivity index (χ0) is 36.0. The maximum absolute atomic E-state index is 6.84. The van der Waals surface area contributed by atoms with Crippen molar-refractivity contribution in [1.82, 2.24) is 0 Å². The average Bonchev–Trinajstić information content (AvgIpc) is 3.58. The van der Waals surface area contributed by atoms with E-state index in [0.29, 0.717) is 6.42 Å². The van der Waals surface area contributed by atoms with Crippen molar-refractivity contribution in [2.75, 3.05) is 0 Å². The first kappa shape index (κ1) is 31.7. The Hall–Kier alpha value is -6.99. The second-order valence-electron chi connectivity index (χ2n) is 14.0. The van der Waals surface area contributed by atoms with Gasteiger partial charge in [0.1, 0.15) is 16.9 Å². The van der Waals surface area contributed by atoms with Crippen LogP contribution in [0.2, 0.25) is 0 Å². The molecule has 0 bridgehead atoms. The van der Waals surface area contributed by atoms with E-state index in [2.05, 4.69) is 189 Å². The molecule has 0 N–H and O–H groups in total. The van der Waals surface area contributed by atoms with E-state index < -0.39 is 0 Å².